The van der Waals surface area contributed by atoms with Crippen molar-refractivity contribution in [3.05, 3.63) is 0 Å². The Bertz CT molecular complexity index is 312. The fourth-order valence-electron chi connectivity index (χ4n) is 2.59. The van der Waals surface area contributed by atoms with E-state index in [0.717, 1.165) is 25.7 Å². The maximum atomic E-state index is 12.1. The van der Waals surface area contributed by atoms with E-state index < -0.39 is 5.54 Å². The number of hydrogen-bond donors (Lipinski definition) is 2. The predicted molar refractivity (Wildman–Crippen MR) is 75.3 cm³/mol. The molecular formula is C14H26N2O4. The van der Waals surface area contributed by atoms with E-state index in [4.69, 9.17) is 9.47 Å². The smallest absolute Gasteiger partial charge is 0.331 e. The first-order valence-corrected chi connectivity index (χ1v) is 7.24. The van der Waals surface area contributed by atoms with Gasteiger partial charge in [0.05, 0.1) is 20.3 Å². The van der Waals surface area contributed by atoms with Gasteiger partial charge in [-0.05, 0) is 12.8 Å². The third-order valence-corrected chi connectivity index (χ3v) is 3.68. The first kappa shape index (κ1) is 16.9. The number of carbonyl (C=O) groups is 2. The Kier molecular flexibility index (Phi) is 7.54. The van der Waals surface area contributed by atoms with E-state index in [9.17, 15) is 9.59 Å². The molecule has 0 saturated heterocycles. The maximum absolute atomic E-state index is 12.1. The van der Waals surface area contributed by atoms with Gasteiger partial charge in [0, 0.05) is 13.7 Å². The monoisotopic (exact) mass is 286 g/mol. The van der Waals surface area contributed by atoms with Crippen molar-refractivity contribution in [3.63, 3.8) is 0 Å². The molecule has 116 valence electrons. The minimum atomic E-state index is -0.842. The average Bonchev–Trinajstić information content (AvgIpc) is 2.69. The van der Waals surface area contributed by atoms with Crippen molar-refractivity contribution < 1.29 is 19.1 Å². The van der Waals surface area contributed by atoms with Crippen LogP contribution in [0.25, 0.3) is 0 Å². The highest BCUT2D eigenvalue weighted by Gasteiger charge is 2.40. The van der Waals surface area contributed by atoms with Crippen LogP contribution in [0, 0.1) is 0 Å². The summed E-state index contributed by atoms with van der Waals surface area (Å²) < 4.78 is 9.80. The molecule has 1 saturated carbocycles. The number of esters is 1. The van der Waals surface area contributed by atoms with Crippen molar-refractivity contribution in [3.8, 4) is 0 Å². The third-order valence-electron chi connectivity index (χ3n) is 3.68. The lowest BCUT2D eigenvalue weighted by molar-refractivity contribution is -0.151. The van der Waals surface area contributed by atoms with Gasteiger partial charge < -0.3 is 20.1 Å². The molecule has 0 atom stereocenters. The Hall–Kier alpha value is -1.14. The van der Waals surface area contributed by atoms with Gasteiger partial charge in [-0.3, -0.25) is 4.79 Å². The van der Waals surface area contributed by atoms with Gasteiger partial charge in [0.2, 0.25) is 5.91 Å². The van der Waals surface area contributed by atoms with Crippen LogP contribution in [0.5, 0.6) is 0 Å². The van der Waals surface area contributed by atoms with Crippen LogP contribution in [0.4, 0.5) is 0 Å². The summed E-state index contributed by atoms with van der Waals surface area (Å²) in [4.78, 5) is 24.1. The summed E-state index contributed by atoms with van der Waals surface area (Å²) in [5.41, 5.74) is -0.842. The molecule has 1 rings (SSSR count). The van der Waals surface area contributed by atoms with Crippen molar-refractivity contribution in [2.24, 2.45) is 0 Å². The summed E-state index contributed by atoms with van der Waals surface area (Å²) in [7, 11) is 2.98. The summed E-state index contributed by atoms with van der Waals surface area (Å²) in [5, 5.41) is 5.86. The van der Waals surface area contributed by atoms with Crippen molar-refractivity contribution in [1.29, 1.82) is 0 Å². The molecule has 1 fully saturated rings. The zero-order valence-electron chi connectivity index (χ0n) is 12.5. The maximum Gasteiger partial charge on any atom is 0.331 e. The molecule has 6 nitrogen and oxygen atoms in total. The van der Waals surface area contributed by atoms with E-state index in [1.807, 2.05) is 0 Å². The Morgan fingerprint density at radius 2 is 1.75 bits per heavy atom. The van der Waals surface area contributed by atoms with E-state index in [1.165, 1.54) is 7.11 Å². The zero-order chi connectivity index (χ0) is 14.8. The number of rotatable bonds is 7. The molecule has 0 heterocycles. The summed E-state index contributed by atoms with van der Waals surface area (Å²) in [6.45, 7) is 1.34. The third kappa shape index (κ3) is 5.09. The Morgan fingerprint density at radius 3 is 2.30 bits per heavy atom. The second-order valence-corrected chi connectivity index (χ2v) is 5.21. The minimum absolute atomic E-state index is 0.173. The summed E-state index contributed by atoms with van der Waals surface area (Å²) in [6, 6.07) is 0. The molecule has 2 N–H and O–H groups in total. The highest BCUT2D eigenvalue weighted by Crippen LogP contribution is 2.28. The first-order valence-electron chi connectivity index (χ1n) is 7.24. The predicted octanol–water partition coefficient (Wildman–Crippen LogP) is 0.605. The van der Waals surface area contributed by atoms with Gasteiger partial charge in [-0.15, -0.1) is 0 Å². The number of hydrogen-bond acceptors (Lipinski definition) is 5. The van der Waals surface area contributed by atoms with E-state index in [2.05, 4.69) is 10.6 Å². The molecule has 0 aromatic carbocycles. The zero-order valence-corrected chi connectivity index (χ0v) is 12.5. The Morgan fingerprint density at radius 1 is 1.10 bits per heavy atom. The normalized spacial score (nSPS) is 18.1. The number of nitrogens with one attached hydrogen (secondary N) is 2. The van der Waals surface area contributed by atoms with E-state index in [0.29, 0.717) is 26.0 Å². The standard InChI is InChI=1S/C14H26N2O4/c1-19-10-9-15-11-12(17)16-14(13(18)20-2)7-5-3-4-6-8-14/h15H,3-11H2,1-2H3,(H,16,17). The van der Waals surface area contributed by atoms with Crippen molar-refractivity contribution in [2.45, 2.75) is 44.1 Å². The first-order chi connectivity index (χ1) is 9.64. The largest absolute Gasteiger partial charge is 0.467 e. The molecule has 0 radical (unpaired) electrons. The van der Waals surface area contributed by atoms with Crippen LogP contribution in [0.1, 0.15) is 38.5 Å². The van der Waals surface area contributed by atoms with Crippen molar-refractivity contribution in [2.75, 3.05) is 33.9 Å². The lowest BCUT2D eigenvalue weighted by Crippen LogP contribution is -2.56. The fourth-order valence-corrected chi connectivity index (χ4v) is 2.59. The highest BCUT2D eigenvalue weighted by atomic mass is 16.5. The Balaban J connectivity index is 2.55. The second kappa shape index (κ2) is 8.92. The molecule has 0 aliphatic heterocycles. The van der Waals surface area contributed by atoms with Gasteiger partial charge >= 0.3 is 5.97 Å². The van der Waals surface area contributed by atoms with Gasteiger partial charge in [-0.1, -0.05) is 25.7 Å². The van der Waals surface area contributed by atoms with Crippen LogP contribution in [-0.4, -0.2) is 51.3 Å². The summed E-state index contributed by atoms with van der Waals surface area (Å²) in [6.07, 6.45) is 5.38. The van der Waals surface area contributed by atoms with Crippen LogP contribution in [0.15, 0.2) is 0 Å². The molecule has 0 bridgehead atoms. The average molecular weight is 286 g/mol. The topological polar surface area (TPSA) is 76.7 Å². The van der Waals surface area contributed by atoms with Crippen molar-refractivity contribution >= 4 is 11.9 Å². The molecule has 0 aromatic heterocycles. The van der Waals surface area contributed by atoms with E-state index >= 15 is 0 Å². The van der Waals surface area contributed by atoms with Gasteiger partial charge in [0.25, 0.3) is 0 Å². The number of ether oxygens (including phenoxy) is 2. The molecule has 1 aliphatic rings. The summed E-state index contributed by atoms with van der Waals surface area (Å²) >= 11 is 0. The number of methoxy groups -OCH3 is 2. The minimum Gasteiger partial charge on any atom is -0.467 e. The summed E-state index contributed by atoms with van der Waals surface area (Å²) in [5.74, 6) is -0.502. The van der Waals surface area contributed by atoms with Gasteiger partial charge in [0.15, 0.2) is 0 Å². The van der Waals surface area contributed by atoms with E-state index in [1.54, 1.807) is 7.11 Å². The van der Waals surface area contributed by atoms with E-state index in [-0.39, 0.29) is 18.4 Å². The molecule has 0 aromatic rings. The quantitative estimate of drug-likeness (QED) is 0.407. The van der Waals surface area contributed by atoms with Gasteiger partial charge in [-0.2, -0.15) is 0 Å². The number of carbonyl (C=O) groups excluding carboxylic acids is 2. The molecular weight excluding hydrogens is 260 g/mol. The lowest BCUT2D eigenvalue weighted by atomic mass is 9.90. The van der Waals surface area contributed by atoms with Crippen LogP contribution in [-0.2, 0) is 19.1 Å². The fraction of sp³-hybridized carbons (Fsp3) is 0.857. The highest BCUT2D eigenvalue weighted by molar-refractivity contribution is 5.88. The molecule has 1 amide bonds. The lowest BCUT2D eigenvalue weighted by Gasteiger charge is -2.31. The van der Waals surface area contributed by atoms with Crippen LogP contribution < -0.4 is 10.6 Å². The van der Waals surface area contributed by atoms with Gasteiger partial charge in [-0.25, -0.2) is 4.79 Å². The van der Waals surface area contributed by atoms with Crippen LogP contribution in [0.3, 0.4) is 0 Å². The van der Waals surface area contributed by atoms with Gasteiger partial charge in [0.1, 0.15) is 5.54 Å². The Labute approximate surface area is 120 Å². The second-order valence-electron chi connectivity index (χ2n) is 5.21. The molecule has 1 aliphatic carbocycles. The van der Waals surface area contributed by atoms with Crippen LogP contribution in [0.2, 0.25) is 0 Å². The number of amides is 1. The SMILES string of the molecule is COCCNCC(=O)NC1(C(=O)OC)CCCCCC1. The van der Waals surface area contributed by atoms with Crippen LogP contribution >= 0.6 is 0 Å². The van der Waals surface area contributed by atoms with Crippen molar-refractivity contribution in [1.82, 2.24) is 10.6 Å². The molecule has 0 unspecified atom stereocenters. The molecule has 6 heteroatoms. The molecule has 0 spiro atoms. The molecule has 20 heavy (non-hydrogen) atoms.